The Morgan fingerprint density at radius 2 is 1.84 bits per heavy atom. The number of aryl methyl sites for hydroxylation is 2. The summed E-state index contributed by atoms with van der Waals surface area (Å²) < 4.78 is 5.95. The number of carbonyl (C=O) groups is 1. The Kier molecular flexibility index (Phi) is 5.96. The fraction of sp³-hybridized carbons (Fsp3) is 0.385. The second-order valence-corrected chi connectivity index (χ2v) is 9.52. The largest absolute Gasteiger partial charge is 0.481 e. The van der Waals surface area contributed by atoms with Gasteiger partial charge in [-0.05, 0) is 74.4 Å². The molecule has 2 atom stereocenters. The second-order valence-electron chi connectivity index (χ2n) is 9.52. The van der Waals surface area contributed by atoms with E-state index in [1.807, 2.05) is 44.3 Å². The summed E-state index contributed by atoms with van der Waals surface area (Å²) in [5.74, 6) is 1.25. The lowest BCUT2D eigenvalue weighted by molar-refractivity contribution is -0.128. The fourth-order valence-electron chi connectivity index (χ4n) is 4.36. The number of pyridine rings is 1. The van der Waals surface area contributed by atoms with E-state index in [1.54, 1.807) is 19.3 Å². The first kappa shape index (κ1) is 21.9. The molecule has 2 heterocycles. The minimum Gasteiger partial charge on any atom is -0.481 e. The first-order valence-corrected chi connectivity index (χ1v) is 11.0. The number of fused-ring (bicyclic) bond motifs is 1. The third-order valence-electron chi connectivity index (χ3n) is 5.81. The molecule has 6 heteroatoms. The normalized spacial score (nSPS) is 17.8. The Morgan fingerprint density at radius 3 is 2.53 bits per heavy atom. The third-order valence-corrected chi connectivity index (χ3v) is 5.81. The van der Waals surface area contributed by atoms with Crippen molar-refractivity contribution >= 4 is 5.91 Å². The Hall–Kier alpha value is -3.28. The maximum atomic E-state index is 13.0. The van der Waals surface area contributed by atoms with Gasteiger partial charge in [0.2, 0.25) is 0 Å². The van der Waals surface area contributed by atoms with Crippen LogP contribution in [0.3, 0.4) is 0 Å². The zero-order chi connectivity index (χ0) is 22.9. The Labute approximate surface area is 189 Å². The number of benzene rings is 1. The topological polar surface area (TPSA) is 77.0 Å². The molecule has 0 saturated heterocycles. The molecule has 1 N–H and O–H groups in total. The van der Waals surface area contributed by atoms with Gasteiger partial charge in [-0.1, -0.05) is 19.9 Å². The minimum atomic E-state index is -0.610. The average Bonchev–Trinajstić information content (AvgIpc) is 2.72. The van der Waals surface area contributed by atoms with Crippen LogP contribution in [0.5, 0.6) is 5.75 Å². The molecule has 0 bridgehead atoms. The fourth-order valence-corrected chi connectivity index (χ4v) is 4.36. The third kappa shape index (κ3) is 4.96. The molecule has 0 aliphatic heterocycles. The van der Waals surface area contributed by atoms with Crippen molar-refractivity contribution in [1.29, 1.82) is 0 Å². The van der Waals surface area contributed by atoms with Gasteiger partial charge in [-0.25, -0.2) is 9.97 Å². The number of nitrogens with zero attached hydrogens (tertiary/aromatic N) is 3. The number of nitrogens with one attached hydrogen (secondary N) is 1. The Morgan fingerprint density at radius 1 is 1.16 bits per heavy atom. The van der Waals surface area contributed by atoms with E-state index in [0.717, 1.165) is 40.8 Å². The molecule has 0 fully saturated rings. The highest BCUT2D eigenvalue weighted by molar-refractivity contribution is 5.81. The van der Waals surface area contributed by atoms with E-state index < -0.39 is 6.10 Å². The highest BCUT2D eigenvalue weighted by Crippen LogP contribution is 2.40. The van der Waals surface area contributed by atoms with Crippen molar-refractivity contribution in [2.24, 2.45) is 5.41 Å². The highest BCUT2D eigenvalue weighted by atomic mass is 16.5. The van der Waals surface area contributed by atoms with Gasteiger partial charge in [0.05, 0.1) is 11.7 Å². The van der Waals surface area contributed by atoms with Gasteiger partial charge in [-0.15, -0.1) is 0 Å². The highest BCUT2D eigenvalue weighted by Gasteiger charge is 2.35. The summed E-state index contributed by atoms with van der Waals surface area (Å²) in [5, 5.41) is 3.19. The van der Waals surface area contributed by atoms with Crippen molar-refractivity contribution in [1.82, 2.24) is 20.3 Å². The van der Waals surface area contributed by atoms with Crippen LogP contribution in [0.4, 0.5) is 0 Å². The van der Waals surface area contributed by atoms with Crippen LogP contribution in [-0.2, 0) is 11.2 Å². The number of carbonyl (C=O) groups excluding carboxylic acids is 1. The van der Waals surface area contributed by atoms with Crippen molar-refractivity contribution < 1.29 is 9.53 Å². The molecular formula is C26H30N4O2. The van der Waals surface area contributed by atoms with Crippen LogP contribution in [0.25, 0.3) is 11.4 Å². The zero-order valence-electron chi connectivity index (χ0n) is 19.3. The summed E-state index contributed by atoms with van der Waals surface area (Å²) in [6, 6.07) is 9.63. The van der Waals surface area contributed by atoms with Crippen molar-refractivity contribution in [3.63, 3.8) is 0 Å². The molecule has 6 nitrogen and oxygen atoms in total. The predicted molar refractivity (Wildman–Crippen MR) is 124 cm³/mol. The van der Waals surface area contributed by atoms with E-state index in [0.29, 0.717) is 11.6 Å². The van der Waals surface area contributed by atoms with Gasteiger partial charge in [0.25, 0.3) is 5.91 Å². The molecule has 0 spiro atoms. The van der Waals surface area contributed by atoms with Crippen LogP contribution in [0.15, 0.2) is 48.9 Å². The zero-order valence-corrected chi connectivity index (χ0v) is 19.3. The maximum absolute atomic E-state index is 13.0. The van der Waals surface area contributed by atoms with Crippen molar-refractivity contribution in [2.45, 2.75) is 59.6 Å². The van der Waals surface area contributed by atoms with E-state index in [2.05, 4.69) is 35.2 Å². The SMILES string of the molecule is Cc1cc(C)cc(OC(C)C(=O)NC2CC(C)(C)Cc3nc(-c4ccncc4)ncc32)c1. The van der Waals surface area contributed by atoms with Gasteiger partial charge in [0.1, 0.15) is 5.75 Å². The van der Waals surface area contributed by atoms with E-state index in [-0.39, 0.29) is 17.4 Å². The lowest BCUT2D eigenvalue weighted by atomic mass is 9.74. The number of ether oxygens (including phenoxy) is 1. The number of rotatable bonds is 5. The molecule has 0 radical (unpaired) electrons. The molecule has 2 unspecified atom stereocenters. The molecule has 0 saturated carbocycles. The first-order valence-electron chi connectivity index (χ1n) is 11.0. The summed E-state index contributed by atoms with van der Waals surface area (Å²) in [6.45, 7) is 10.2. The first-order chi connectivity index (χ1) is 15.2. The van der Waals surface area contributed by atoms with Crippen LogP contribution >= 0.6 is 0 Å². The van der Waals surface area contributed by atoms with Crippen LogP contribution in [0, 0.1) is 19.3 Å². The van der Waals surface area contributed by atoms with Gasteiger partial charge in [0.15, 0.2) is 11.9 Å². The lowest BCUT2D eigenvalue weighted by Crippen LogP contribution is -2.42. The van der Waals surface area contributed by atoms with E-state index in [4.69, 9.17) is 9.72 Å². The average molecular weight is 431 g/mol. The van der Waals surface area contributed by atoms with Gasteiger partial charge in [-0.2, -0.15) is 0 Å². The van der Waals surface area contributed by atoms with Crippen molar-refractivity contribution in [3.05, 3.63) is 71.3 Å². The number of hydrogen-bond donors (Lipinski definition) is 1. The minimum absolute atomic E-state index is 0.00651. The lowest BCUT2D eigenvalue weighted by Gasteiger charge is -2.37. The van der Waals surface area contributed by atoms with Gasteiger partial charge in [0, 0.05) is 29.7 Å². The van der Waals surface area contributed by atoms with E-state index >= 15 is 0 Å². The molecule has 32 heavy (non-hydrogen) atoms. The van der Waals surface area contributed by atoms with Crippen molar-refractivity contribution in [3.8, 4) is 17.1 Å². The van der Waals surface area contributed by atoms with Gasteiger partial charge < -0.3 is 10.1 Å². The predicted octanol–water partition coefficient (Wildman–Crippen LogP) is 4.75. The monoisotopic (exact) mass is 430 g/mol. The second kappa shape index (κ2) is 8.69. The number of aromatic nitrogens is 3. The molecular weight excluding hydrogens is 400 g/mol. The summed E-state index contributed by atoms with van der Waals surface area (Å²) >= 11 is 0. The smallest absolute Gasteiger partial charge is 0.261 e. The molecule has 1 aliphatic carbocycles. The molecule has 2 aromatic heterocycles. The van der Waals surface area contributed by atoms with Crippen LogP contribution in [-0.4, -0.2) is 27.0 Å². The van der Waals surface area contributed by atoms with Crippen LogP contribution in [0.2, 0.25) is 0 Å². The Bertz CT molecular complexity index is 1110. The Balaban J connectivity index is 1.54. The van der Waals surface area contributed by atoms with Crippen LogP contribution < -0.4 is 10.1 Å². The molecule has 166 valence electrons. The molecule has 1 amide bonds. The van der Waals surface area contributed by atoms with E-state index in [1.165, 1.54) is 0 Å². The summed E-state index contributed by atoms with van der Waals surface area (Å²) in [5.41, 5.74) is 5.12. The van der Waals surface area contributed by atoms with Gasteiger partial charge >= 0.3 is 0 Å². The van der Waals surface area contributed by atoms with E-state index in [9.17, 15) is 4.79 Å². The number of amides is 1. The van der Waals surface area contributed by atoms with Crippen molar-refractivity contribution in [2.75, 3.05) is 0 Å². The maximum Gasteiger partial charge on any atom is 0.261 e. The summed E-state index contributed by atoms with van der Waals surface area (Å²) in [7, 11) is 0. The van der Waals surface area contributed by atoms with Gasteiger partial charge in [-0.3, -0.25) is 9.78 Å². The summed E-state index contributed by atoms with van der Waals surface area (Å²) in [6.07, 6.45) is 6.38. The van der Waals surface area contributed by atoms with Crippen LogP contribution in [0.1, 0.15) is 55.6 Å². The quantitative estimate of drug-likeness (QED) is 0.632. The standard InChI is InChI=1S/C26H30N4O2/c1-16-10-17(2)12-20(11-16)32-18(3)25(31)30-23-14-26(4,5)13-22-21(23)15-28-24(29-22)19-6-8-27-9-7-19/h6-12,15,18,23H,13-14H2,1-5H3,(H,30,31). The summed E-state index contributed by atoms with van der Waals surface area (Å²) in [4.78, 5) is 26.5. The molecule has 1 aliphatic rings. The molecule has 1 aromatic carbocycles. The molecule has 3 aromatic rings. The molecule has 4 rings (SSSR count). The number of hydrogen-bond acceptors (Lipinski definition) is 5.